The van der Waals surface area contributed by atoms with Gasteiger partial charge in [0.25, 0.3) is 0 Å². The summed E-state index contributed by atoms with van der Waals surface area (Å²) < 4.78 is 0. The Labute approximate surface area is 114 Å². The monoisotopic (exact) mass is 268 g/mol. The lowest BCUT2D eigenvalue weighted by molar-refractivity contribution is 0.360. The van der Waals surface area contributed by atoms with Crippen molar-refractivity contribution in [1.82, 2.24) is 14.9 Å². The van der Waals surface area contributed by atoms with Gasteiger partial charge in [-0.3, -0.25) is 0 Å². The lowest BCUT2D eigenvalue weighted by Crippen LogP contribution is -2.29. The average Bonchev–Trinajstić information content (AvgIpc) is 2.54. The van der Waals surface area contributed by atoms with Crippen molar-refractivity contribution in [2.45, 2.75) is 26.2 Å². The SMILES string of the molecule is CCCc1nc(Cl)cc(N2CCCN(C)CC2)n1. The van der Waals surface area contributed by atoms with Crippen LogP contribution >= 0.6 is 11.6 Å². The summed E-state index contributed by atoms with van der Waals surface area (Å²) in [6, 6.07) is 1.88. The Balaban J connectivity index is 2.15. The molecule has 1 fully saturated rings. The Kier molecular flexibility index (Phi) is 4.78. The van der Waals surface area contributed by atoms with Gasteiger partial charge in [-0.05, 0) is 26.4 Å². The molecule has 0 radical (unpaired) electrons. The molecule has 1 aromatic rings. The lowest BCUT2D eigenvalue weighted by Gasteiger charge is -2.22. The normalized spacial score (nSPS) is 17.8. The summed E-state index contributed by atoms with van der Waals surface area (Å²) in [4.78, 5) is 13.6. The van der Waals surface area contributed by atoms with Gasteiger partial charge in [-0.15, -0.1) is 0 Å². The number of anilines is 1. The molecule has 0 spiro atoms. The third-order valence-corrected chi connectivity index (χ3v) is 3.44. The first-order valence-electron chi connectivity index (χ1n) is 6.66. The summed E-state index contributed by atoms with van der Waals surface area (Å²) in [5.74, 6) is 1.84. The van der Waals surface area contributed by atoms with E-state index in [0.29, 0.717) is 5.15 Å². The number of hydrogen-bond donors (Lipinski definition) is 0. The minimum atomic E-state index is 0.557. The van der Waals surface area contributed by atoms with Crippen molar-refractivity contribution in [2.75, 3.05) is 38.1 Å². The Morgan fingerprint density at radius 2 is 2.06 bits per heavy atom. The van der Waals surface area contributed by atoms with Gasteiger partial charge in [0.2, 0.25) is 0 Å². The van der Waals surface area contributed by atoms with Crippen molar-refractivity contribution >= 4 is 17.4 Å². The minimum Gasteiger partial charge on any atom is -0.355 e. The first-order valence-corrected chi connectivity index (χ1v) is 7.04. The quantitative estimate of drug-likeness (QED) is 0.787. The summed E-state index contributed by atoms with van der Waals surface area (Å²) in [7, 11) is 2.17. The van der Waals surface area contributed by atoms with Crippen LogP contribution in [0.2, 0.25) is 5.15 Å². The van der Waals surface area contributed by atoms with E-state index in [1.165, 1.54) is 6.42 Å². The van der Waals surface area contributed by atoms with Gasteiger partial charge < -0.3 is 9.80 Å². The Morgan fingerprint density at radius 3 is 2.83 bits per heavy atom. The number of hydrogen-bond acceptors (Lipinski definition) is 4. The van der Waals surface area contributed by atoms with E-state index in [-0.39, 0.29) is 0 Å². The molecule has 1 aromatic heterocycles. The van der Waals surface area contributed by atoms with Crippen molar-refractivity contribution in [3.63, 3.8) is 0 Å². The predicted octanol–water partition coefficient (Wildman–Crippen LogP) is 2.22. The second-order valence-corrected chi connectivity index (χ2v) is 5.25. The second-order valence-electron chi connectivity index (χ2n) is 4.86. The van der Waals surface area contributed by atoms with Gasteiger partial charge in [-0.1, -0.05) is 18.5 Å². The molecule has 18 heavy (non-hydrogen) atoms. The fraction of sp³-hybridized carbons (Fsp3) is 0.692. The van der Waals surface area contributed by atoms with E-state index >= 15 is 0 Å². The van der Waals surface area contributed by atoms with Crippen LogP contribution in [-0.4, -0.2) is 48.1 Å². The fourth-order valence-corrected chi connectivity index (χ4v) is 2.42. The molecule has 0 unspecified atom stereocenters. The number of likely N-dealkylation sites (N-methyl/N-ethyl adjacent to an activating group) is 1. The molecule has 0 aliphatic carbocycles. The zero-order valence-corrected chi connectivity index (χ0v) is 11.9. The molecule has 100 valence electrons. The van der Waals surface area contributed by atoms with Gasteiger partial charge >= 0.3 is 0 Å². The standard InChI is InChI=1S/C13H21ClN4/c1-3-5-12-15-11(14)10-13(16-12)18-7-4-6-17(2)8-9-18/h10H,3-9H2,1-2H3. The van der Waals surface area contributed by atoms with Crippen LogP contribution in [0.5, 0.6) is 0 Å². The maximum Gasteiger partial charge on any atom is 0.134 e. The van der Waals surface area contributed by atoms with E-state index in [2.05, 4.69) is 33.7 Å². The number of nitrogens with zero attached hydrogens (tertiary/aromatic N) is 4. The first kappa shape index (κ1) is 13.6. The molecule has 4 nitrogen and oxygen atoms in total. The molecule has 0 saturated carbocycles. The maximum absolute atomic E-state index is 6.09. The molecule has 0 bridgehead atoms. The average molecular weight is 269 g/mol. The molecule has 2 rings (SSSR count). The lowest BCUT2D eigenvalue weighted by atomic mass is 10.3. The van der Waals surface area contributed by atoms with Crippen LogP contribution < -0.4 is 4.90 Å². The van der Waals surface area contributed by atoms with E-state index < -0.39 is 0 Å². The predicted molar refractivity (Wildman–Crippen MR) is 75.4 cm³/mol. The number of rotatable bonds is 3. The van der Waals surface area contributed by atoms with Gasteiger partial charge in [0.1, 0.15) is 16.8 Å². The van der Waals surface area contributed by atoms with E-state index in [0.717, 1.165) is 50.7 Å². The molecule has 5 heteroatoms. The number of halogens is 1. The summed E-state index contributed by atoms with van der Waals surface area (Å²) in [6.45, 7) is 6.41. The Morgan fingerprint density at radius 1 is 1.22 bits per heavy atom. The zero-order valence-electron chi connectivity index (χ0n) is 11.2. The fourth-order valence-electron chi connectivity index (χ4n) is 2.22. The van der Waals surface area contributed by atoms with Crippen molar-refractivity contribution < 1.29 is 0 Å². The van der Waals surface area contributed by atoms with Crippen molar-refractivity contribution in [2.24, 2.45) is 0 Å². The largest absolute Gasteiger partial charge is 0.355 e. The Bertz CT molecular complexity index is 397. The highest BCUT2D eigenvalue weighted by atomic mass is 35.5. The van der Waals surface area contributed by atoms with Gasteiger partial charge in [-0.25, -0.2) is 9.97 Å². The highest BCUT2D eigenvalue weighted by molar-refractivity contribution is 6.29. The molecular weight excluding hydrogens is 248 g/mol. The molecule has 0 amide bonds. The molecule has 0 aromatic carbocycles. The van der Waals surface area contributed by atoms with E-state index in [9.17, 15) is 0 Å². The second kappa shape index (κ2) is 6.34. The molecule has 1 aliphatic rings. The number of aromatic nitrogens is 2. The third-order valence-electron chi connectivity index (χ3n) is 3.24. The van der Waals surface area contributed by atoms with Crippen molar-refractivity contribution in [1.29, 1.82) is 0 Å². The Hall–Kier alpha value is -0.870. The highest BCUT2D eigenvalue weighted by Crippen LogP contribution is 2.18. The van der Waals surface area contributed by atoms with E-state index in [1.807, 2.05) is 6.07 Å². The van der Waals surface area contributed by atoms with Crippen LogP contribution in [0.1, 0.15) is 25.6 Å². The van der Waals surface area contributed by atoms with Crippen molar-refractivity contribution in [3.8, 4) is 0 Å². The van der Waals surface area contributed by atoms with E-state index in [4.69, 9.17) is 11.6 Å². The van der Waals surface area contributed by atoms with Gasteiger partial charge in [-0.2, -0.15) is 0 Å². The molecule has 0 atom stereocenters. The van der Waals surface area contributed by atoms with Gasteiger partial charge in [0.05, 0.1) is 0 Å². The van der Waals surface area contributed by atoms with E-state index in [1.54, 1.807) is 0 Å². The number of aryl methyl sites for hydroxylation is 1. The van der Waals surface area contributed by atoms with Crippen LogP contribution in [-0.2, 0) is 6.42 Å². The zero-order chi connectivity index (χ0) is 13.0. The first-order chi connectivity index (χ1) is 8.69. The summed E-state index contributed by atoms with van der Waals surface area (Å²) in [6.07, 6.45) is 3.10. The topological polar surface area (TPSA) is 32.3 Å². The smallest absolute Gasteiger partial charge is 0.134 e. The molecule has 0 N–H and O–H groups in total. The highest BCUT2D eigenvalue weighted by Gasteiger charge is 2.15. The van der Waals surface area contributed by atoms with Crippen LogP contribution in [0.15, 0.2) is 6.07 Å². The van der Waals surface area contributed by atoms with Gasteiger partial charge in [0.15, 0.2) is 0 Å². The molecule has 1 saturated heterocycles. The molecular formula is C13H21ClN4. The molecule has 1 aliphatic heterocycles. The van der Waals surface area contributed by atoms with Crippen LogP contribution in [0.3, 0.4) is 0 Å². The van der Waals surface area contributed by atoms with Crippen LogP contribution in [0, 0.1) is 0 Å². The summed E-state index contributed by atoms with van der Waals surface area (Å²) in [5.41, 5.74) is 0. The summed E-state index contributed by atoms with van der Waals surface area (Å²) >= 11 is 6.09. The van der Waals surface area contributed by atoms with Crippen molar-refractivity contribution in [3.05, 3.63) is 17.0 Å². The van der Waals surface area contributed by atoms with Crippen LogP contribution in [0.4, 0.5) is 5.82 Å². The molecule has 2 heterocycles. The van der Waals surface area contributed by atoms with Gasteiger partial charge in [0, 0.05) is 32.1 Å². The summed E-state index contributed by atoms with van der Waals surface area (Å²) in [5, 5.41) is 0.557. The third kappa shape index (κ3) is 3.56. The minimum absolute atomic E-state index is 0.557. The van der Waals surface area contributed by atoms with Crippen LogP contribution in [0.25, 0.3) is 0 Å². The maximum atomic E-state index is 6.09.